The molecule has 88 valence electrons. The van der Waals surface area contributed by atoms with Gasteiger partial charge in [-0.2, -0.15) is 0 Å². The lowest BCUT2D eigenvalue weighted by Crippen LogP contribution is -1.99. The molecule has 0 saturated carbocycles. The Morgan fingerprint density at radius 2 is 2.12 bits per heavy atom. The summed E-state index contributed by atoms with van der Waals surface area (Å²) < 4.78 is 5.15. The highest BCUT2D eigenvalue weighted by atomic mass is 35.5. The fourth-order valence-electron chi connectivity index (χ4n) is 1.69. The zero-order chi connectivity index (χ0) is 12.3. The minimum atomic E-state index is 0.438. The van der Waals surface area contributed by atoms with Crippen LogP contribution in [0.4, 0.5) is 0 Å². The van der Waals surface area contributed by atoms with E-state index in [1.807, 2.05) is 24.3 Å². The molecule has 0 saturated heterocycles. The summed E-state index contributed by atoms with van der Waals surface area (Å²) in [5.41, 5.74) is 8.71. The van der Waals surface area contributed by atoms with Gasteiger partial charge in [0, 0.05) is 23.3 Å². The summed E-state index contributed by atoms with van der Waals surface area (Å²) >= 11 is 5.95. The Morgan fingerprint density at radius 1 is 1.29 bits per heavy atom. The molecule has 1 heterocycles. The van der Waals surface area contributed by atoms with Crippen molar-refractivity contribution in [3.05, 3.63) is 47.2 Å². The van der Waals surface area contributed by atoms with Crippen molar-refractivity contribution in [2.45, 2.75) is 6.54 Å². The molecular weight excluding hydrogens is 236 g/mol. The molecule has 2 aromatic rings. The maximum atomic E-state index is 5.95. The summed E-state index contributed by atoms with van der Waals surface area (Å²) in [7, 11) is 1.62. The average Bonchev–Trinajstić information content (AvgIpc) is 2.38. The van der Waals surface area contributed by atoms with Gasteiger partial charge in [0.25, 0.3) is 0 Å². The predicted molar refractivity (Wildman–Crippen MR) is 69.1 cm³/mol. The van der Waals surface area contributed by atoms with Crippen LogP contribution in [0.1, 0.15) is 5.56 Å². The number of nitrogens with two attached hydrogens (primary N) is 1. The Morgan fingerprint density at radius 3 is 2.82 bits per heavy atom. The van der Waals surface area contributed by atoms with Crippen molar-refractivity contribution in [2.75, 3.05) is 7.11 Å². The second-order valence-electron chi connectivity index (χ2n) is 3.62. The Labute approximate surface area is 105 Å². The van der Waals surface area contributed by atoms with Crippen LogP contribution >= 0.6 is 11.6 Å². The van der Waals surface area contributed by atoms with E-state index in [-0.39, 0.29) is 0 Å². The van der Waals surface area contributed by atoms with Gasteiger partial charge in [0.15, 0.2) is 0 Å². The second kappa shape index (κ2) is 5.17. The molecule has 0 spiro atoms. The number of ether oxygens (including phenoxy) is 1. The molecule has 1 aromatic heterocycles. The zero-order valence-corrected chi connectivity index (χ0v) is 10.2. The third kappa shape index (κ3) is 2.57. The molecule has 17 heavy (non-hydrogen) atoms. The molecule has 0 bridgehead atoms. The molecule has 0 radical (unpaired) electrons. The van der Waals surface area contributed by atoms with E-state index >= 15 is 0 Å². The first kappa shape index (κ1) is 11.9. The first-order valence-corrected chi connectivity index (χ1v) is 5.60. The van der Waals surface area contributed by atoms with Crippen LogP contribution in [-0.4, -0.2) is 12.1 Å². The number of nitrogens with zero attached hydrogens (tertiary/aromatic N) is 1. The van der Waals surface area contributed by atoms with Gasteiger partial charge in [0.05, 0.1) is 13.3 Å². The van der Waals surface area contributed by atoms with Crippen LogP contribution < -0.4 is 10.5 Å². The molecule has 0 aliphatic heterocycles. The average molecular weight is 249 g/mol. The lowest BCUT2D eigenvalue weighted by atomic mass is 10.0. The summed E-state index contributed by atoms with van der Waals surface area (Å²) in [5.74, 6) is 0.723. The molecule has 0 aliphatic carbocycles. The minimum absolute atomic E-state index is 0.438. The monoisotopic (exact) mass is 248 g/mol. The highest BCUT2D eigenvalue weighted by Gasteiger charge is 2.06. The van der Waals surface area contributed by atoms with Gasteiger partial charge in [-0.05, 0) is 29.3 Å². The number of hydrogen-bond donors (Lipinski definition) is 1. The summed E-state index contributed by atoms with van der Waals surface area (Å²) in [6.45, 7) is 0.438. The lowest BCUT2D eigenvalue weighted by molar-refractivity contribution is 0.413. The van der Waals surface area contributed by atoms with Gasteiger partial charge >= 0.3 is 0 Å². The Balaban J connectivity index is 2.51. The van der Waals surface area contributed by atoms with Gasteiger partial charge in [0.2, 0.25) is 0 Å². The van der Waals surface area contributed by atoms with E-state index in [4.69, 9.17) is 22.1 Å². The molecule has 1 aromatic carbocycles. The van der Waals surface area contributed by atoms with Crippen molar-refractivity contribution in [1.29, 1.82) is 0 Å². The first-order valence-electron chi connectivity index (χ1n) is 5.22. The number of hydrogen-bond acceptors (Lipinski definition) is 3. The SMILES string of the molecule is COc1cncc(-c2ccc(Cl)cc2CN)c1. The first-order chi connectivity index (χ1) is 8.24. The van der Waals surface area contributed by atoms with Crippen molar-refractivity contribution >= 4 is 11.6 Å². The van der Waals surface area contributed by atoms with E-state index in [0.29, 0.717) is 11.6 Å². The molecule has 4 heteroatoms. The van der Waals surface area contributed by atoms with Crippen LogP contribution in [0.3, 0.4) is 0 Å². The molecule has 0 amide bonds. The standard InChI is InChI=1S/C13H13ClN2O/c1-17-12-5-10(7-16-8-12)13-3-2-11(14)4-9(13)6-15/h2-5,7-8H,6,15H2,1H3. The third-order valence-corrected chi connectivity index (χ3v) is 2.78. The summed E-state index contributed by atoms with van der Waals surface area (Å²) in [6, 6.07) is 7.59. The molecule has 2 rings (SSSR count). The number of halogens is 1. The number of methoxy groups -OCH3 is 1. The van der Waals surface area contributed by atoms with E-state index in [1.165, 1.54) is 0 Å². The zero-order valence-electron chi connectivity index (χ0n) is 9.48. The van der Waals surface area contributed by atoms with Crippen LogP contribution in [0.5, 0.6) is 5.75 Å². The topological polar surface area (TPSA) is 48.1 Å². The number of pyridine rings is 1. The fraction of sp³-hybridized carbons (Fsp3) is 0.154. The van der Waals surface area contributed by atoms with E-state index in [1.54, 1.807) is 19.5 Å². The smallest absolute Gasteiger partial charge is 0.137 e. The quantitative estimate of drug-likeness (QED) is 0.909. The maximum absolute atomic E-state index is 5.95. The summed E-state index contributed by atoms with van der Waals surface area (Å²) in [4.78, 5) is 4.13. The van der Waals surface area contributed by atoms with Crippen LogP contribution in [0.15, 0.2) is 36.7 Å². The van der Waals surface area contributed by atoms with E-state index < -0.39 is 0 Å². The maximum Gasteiger partial charge on any atom is 0.137 e. The second-order valence-corrected chi connectivity index (χ2v) is 4.06. The van der Waals surface area contributed by atoms with Crippen molar-refractivity contribution in [1.82, 2.24) is 4.98 Å². The van der Waals surface area contributed by atoms with E-state index in [9.17, 15) is 0 Å². The van der Waals surface area contributed by atoms with Gasteiger partial charge in [-0.15, -0.1) is 0 Å². The normalized spacial score (nSPS) is 10.3. The summed E-state index contributed by atoms with van der Waals surface area (Å²) in [6.07, 6.45) is 3.45. The van der Waals surface area contributed by atoms with E-state index in [0.717, 1.165) is 22.4 Å². The van der Waals surface area contributed by atoms with Crippen LogP contribution in [0.2, 0.25) is 5.02 Å². The Kier molecular flexibility index (Phi) is 3.61. The van der Waals surface area contributed by atoms with Crippen molar-refractivity contribution < 1.29 is 4.74 Å². The van der Waals surface area contributed by atoms with Crippen molar-refractivity contribution in [2.24, 2.45) is 5.73 Å². The molecule has 0 unspecified atom stereocenters. The van der Waals surface area contributed by atoms with Gasteiger partial charge in [-0.3, -0.25) is 4.98 Å². The molecule has 0 fully saturated rings. The van der Waals surface area contributed by atoms with Crippen LogP contribution in [0, 0.1) is 0 Å². The molecular formula is C13H13ClN2O. The minimum Gasteiger partial charge on any atom is -0.495 e. The Bertz CT molecular complexity index is 529. The highest BCUT2D eigenvalue weighted by molar-refractivity contribution is 6.30. The molecule has 2 N–H and O–H groups in total. The van der Waals surface area contributed by atoms with Gasteiger partial charge in [0.1, 0.15) is 5.75 Å². The largest absolute Gasteiger partial charge is 0.495 e. The van der Waals surface area contributed by atoms with Gasteiger partial charge < -0.3 is 10.5 Å². The van der Waals surface area contributed by atoms with Crippen molar-refractivity contribution in [3.8, 4) is 16.9 Å². The highest BCUT2D eigenvalue weighted by Crippen LogP contribution is 2.27. The summed E-state index contributed by atoms with van der Waals surface area (Å²) in [5, 5.41) is 0.685. The number of benzene rings is 1. The third-order valence-electron chi connectivity index (χ3n) is 2.55. The van der Waals surface area contributed by atoms with Crippen molar-refractivity contribution in [3.63, 3.8) is 0 Å². The molecule has 0 aliphatic rings. The van der Waals surface area contributed by atoms with E-state index in [2.05, 4.69) is 4.98 Å². The fourth-order valence-corrected chi connectivity index (χ4v) is 1.89. The molecule has 3 nitrogen and oxygen atoms in total. The number of aromatic nitrogens is 1. The van der Waals surface area contributed by atoms with Gasteiger partial charge in [-0.1, -0.05) is 17.7 Å². The van der Waals surface area contributed by atoms with Gasteiger partial charge in [-0.25, -0.2) is 0 Å². The lowest BCUT2D eigenvalue weighted by Gasteiger charge is -2.09. The van der Waals surface area contributed by atoms with Crippen LogP contribution in [0.25, 0.3) is 11.1 Å². The molecule has 0 atom stereocenters. The number of rotatable bonds is 3. The van der Waals surface area contributed by atoms with Crippen LogP contribution in [-0.2, 0) is 6.54 Å². The Hall–Kier alpha value is -1.58. The predicted octanol–water partition coefficient (Wildman–Crippen LogP) is 2.87.